The third-order valence-corrected chi connectivity index (χ3v) is 4.25. The van der Waals surface area contributed by atoms with Crippen LogP contribution in [0.4, 0.5) is 0 Å². The molecular weight excluding hydrogens is 270 g/mol. The van der Waals surface area contributed by atoms with Gasteiger partial charge in [0.2, 0.25) is 0 Å². The van der Waals surface area contributed by atoms with E-state index in [1.807, 2.05) is 48.5 Å². The van der Waals surface area contributed by atoms with Crippen molar-refractivity contribution in [3.63, 3.8) is 0 Å². The first kappa shape index (κ1) is 14.6. The van der Waals surface area contributed by atoms with Crippen LogP contribution in [0.3, 0.4) is 0 Å². The zero-order valence-corrected chi connectivity index (χ0v) is 13.0. The summed E-state index contributed by atoms with van der Waals surface area (Å²) < 4.78 is 0. The van der Waals surface area contributed by atoms with Gasteiger partial charge in [0.1, 0.15) is 0 Å². The van der Waals surface area contributed by atoms with Gasteiger partial charge in [-0.15, -0.1) is 0 Å². The van der Waals surface area contributed by atoms with E-state index in [-0.39, 0.29) is 17.7 Å². The first-order valence-corrected chi connectivity index (χ1v) is 7.79. The molecule has 0 radical (unpaired) electrons. The Bertz CT molecular complexity index is 673. The lowest BCUT2D eigenvalue weighted by molar-refractivity contribution is -0.120. The van der Waals surface area contributed by atoms with Crippen LogP contribution in [0, 0.1) is 11.8 Å². The fourth-order valence-electron chi connectivity index (χ4n) is 3.15. The Kier molecular flexibility index (Phi) is 4.10. The molecule has 0 aliphatic carbocycles. The second-order valence-corrected chi connectivity index (χ2v) is 6.13. The highest BCUT2D eigenvalue weighted by molar-refractivity contribution is 6.00. The fourth-order valence-corrected chi connectivity index (χ4v) is 3.15. The monoisotopic (exact) mass is 291 g/mol. The van der Waals surface area contributed by atoms with Crippen LogP contribution in [0.5, 0.6) is 0 Å². The van der Waals surface area contributed by atoms with E-state index in [4.69, 9.17) is 0 Å². The van der Waals surface area contributed by atoms with Crippen molar-refractivity contribution in [2.24, 2.45) is 11.8 Å². The summed E-state index contributed by atoms with van der Waals surface area (Å²) in [7, 11) is 0. The number of allylic oxidation sites excluding steroid dienone is 1. The highest BCUT2D eigenvalue weighted by Gasteiger charge is 2.35. The van der Waals surface area contributed by atoms with Gasteiger partial charge in [0.25, 0.3) is 0 Å². The number of carbonyl (C=O) groups excluding carboxylic acids is 1. The quantitative estimate of drug-likeness (QED) is 0.917. The molecule has 1 aliphatic heterocycles. The first-order valence-electron chi connectivity index (χ1n) is 7.79. The normalized spacial score (nSPS) is 21.4. The second kappa shape index (κ2) is 6.18. The summed E-state index contributed by atoms with van der Waals surface area (Å²) in [4.78, 5) is 12.7. The molecule has 2 atom stereocenters. The van der Waals surface area contributed by atoms with Crippen molar-refractivity contribution in [3.05, 3.63) is 77.9 Å². The minimum atomic E-state index is -0.0325. The molecule has 2 aromatic carbocycles. The van der Waals surface area contributed by atoms with Crippen LogP contribution in [0.15, 0.2) is 66.7 Å². The van der Waals surface area contributed by atoms with Crippen molar-refractivity contribution in [2.45, 2.75) is 19.9 Å². The molecule has 112 valence electrons. The lowest BCUT2D eigenvalue weighted by atomic mass is 9.78. The van der Waals surface area contributed by atoms with E-state index in [0.717, 1.165) is 16.8 Å². The van der Waals surface area contributed by atoms with Crippen LogP contribution in [-0.4, -0.2) is 5.78 Å². The SMILES string of the molecule is CC(C)C1C(=O)C=C(c2ccccc2)NC1c1ccccc1. The summed E-state index contributed by atoms with van der Waals surface area (Å²) in [6.45, 7) is 4.23. The minimum absolute atomic E-state index is 0.0221. The van der Waals surface area contributed by atoms with E-state index in [0.29, 0.717) is 5.92 Å². The predicted molar refractivity (Wildman–Crippen MR) is 90.1 cm³/mol. The lowest BCUT2D eigenvalue weighted by Gasteiger charge is -2.35. The molecule has 0 bridgehead atoms. The van der Waals surface area contributed by atoms with Crippen LogP contribution in [-0.2, 0) is 4.79 Å². The van der Waals surface area contributed by atoms with E-state index in [1.54, 1.807) is 6.08 Å². The molecule has 0 saturated carbocycles. The highest BCUT2D eigenvalue weighted by Crippen LogP contribution is 2.35. The summed E-state index contributed by atoms with van der Waals surface area (Å²) >= 11 is 0. The van der Waals surface area contributed by atoms with Gasteiger partial charge in [0.15, 0.2) is 5.78 Å². The maximum absolute atomic E-state index is 12.7. The van der Waals surface area contributed by atoms with Crippen molar-refractivity contribution in [3.8, 4) is 0 Å². The molecule has 0 saturated heterocycles. The molecule has 2 aromatic rings. The zero-order valence-electron chi connectivity index (χ0n) is 13.0. The molecule has 0 fully saturated rings. The molecule has 1 N–H and O–H groups in total. The van der Waals surface area contributed by atoms with Gasteiger partial charge in [-0.25, -0.2) is 0 Å². The molecule has 0 amide bonds. The van der Waals surface area contributed by atoms with Gasteiger partial charge in [-0.3, -0.25) is 4.79 Å². The highest BCUT2D eigenvalue weighted by atomic mass is 16.1. The first-order chi connectivity index (χ1) is 10.7. The van der Waals surface area contributed by atoms with Crippen LogP contribution in [0.25, 0.3) is 5.70 Å². The Balaban J connectivity index is 2.01. The Morgan fingerprint density at radius 2 is 1.50 bits per heavy atom. The van der Waals surface area contributed by atoms with Gasteiger partial charge < -0.3 is 5.32 Å². The molecular formula is C20H21NO. The minimum Gasteiger partial charge on any atom is -0.377 e. The number of rotatable bonds is 3. The smallest absolute Gasteiger partial charge is 0.163 e. The Hall–Kier alpha value is -2.35. The lowest BCUT2D eigenvalue weighted by Crippen LogP contribution is -2.39. The number of hydrogen-bond acceptors (Lipinski definition) is 2. The van der Waals surface area contributed by atoms with Crippen LogP contribution in [0.1, 0.15) is 31.0 Å². The number of nitrogens with one attached hydrogen (secondary N) is 1. The van der Waals surface area contributed by atoms with Gasteiger partial charge in [0, 0.05) is 17.7 Å². The van der Waals surface area contributed by atoms with Crippen molar-refractivity contribution >= 4 is 11.5 Å². The standard InChI is InChI=1S/C20H21NO/c1-14(2)19-18(22)13-17(15-9-5-3-6-10-15)21-20(19)16-11-7-4-8-12-16/h3-14,19-21H,1-2H3. The topological polar surface area (TPSA) is 29.1 Å². The Morgan fingerprint density at radius 3 is 2.09 bits per heavy atom. The summed E-state index contributed by atoms with van der Waals surface area (Å²) in [6, 6.07) is 20.3. The Labute approximate surface area is 131 Å². The predicted octanol–water partition coefficient (Wildman–Crippen LogP) is 4.21. The molecule has 2 heteroatoms. The van der Waals surface area contributed by atoms with E-state index < -0.39 is 0 Å². The summed E-state index contributed by atoms with van der Waals surface area (Å²) in [5.41, 5.74) is 3.13. The van der Waals surface area contributed by atoms with Gasteiger partial charge in [-0.1, -0.05) is 74.5 Å². The maximum atomic E-state index is 12.7. The number of ketones is 1. The van der Waals surface area contributed by atoms with Crippen molar-refractivity contribution < 1.29 is 4.79 Å². The summed E-state index contributed by atoms with van der Waals surface area (Å²) in [5.74, 6) is 0.468. The van der Waals surface area contributed by atoms with Gasteiger partial charge in [-0.2, -0.15) is 0 Å². The van der Waals surface area contributed by atoms with Gasteiger partial charge in [-0.05, 0) is 17.0 Å². The number of hydrogen-bond donors (Lipinski definition) is 1. The van der Waals surface area contributed by atoms with Gasteiger partial charge in [0.05, 0.1) is 6.04 Å². The number of carbonyl (C=O) groups is 1. The maximum Gasteiger partial charge on any atom is 0.163 e. The van der Waals surface area contributed by atoms with Crippen LogP contribution >= 0.6 is 0 Å². The summed E-state index contributed by atoms with van der Waals surface area (Å²) in [5, 5.41) is 3.59. The molecule has 2 unspecified atom stereocenters. The average Bonchev–Trinajstić information content (AvgIpc) is 2.55. The van der Waals surface area contributed by atoms with Crippen molar-refractivity contribution in [1.82, 2.24) is 5.32 Å². The molecule has 22 heavy (non-hydrogen) atoms. The third kappa shape index (κ3) is 2.82. The molecule has 3 rings (SSSR count). The van der Waals surface area contributed by atoms with E-state index in [9.17, 15) is 4.79 Å². The molecule has 0 aromatic heterocycles. The fraction of sp³-hybridized carbons (Fsp3) is 0.250. The Morgan fingerprint density at radius 1 is 0.909 bits per heavy atom. The molecule has 1 heterocycles. The second-order valence-electron chi connectivity index (χ2n) is 6.13. The van der Waals surface area contributed by atoms with Crippen molar-refractivity contribution in [2.75, 3.05) is 0 Å². The zero-order chi connectivity index (χ0) is 15.5. The largest absolute Gasteiger partial charge is 0.377 e. The van der Waals surface area contributed by atoms with E-state index in [1.165, 1.54) is 0 Å². The van der Waals surface area contributed by atoms with Gasteiger partial charge >= 0.3 is 0 Å². The number of benzene rings is 2. The summed E-state index contributed by atoms with van der Waals surface area (Å²) in [6.07, 6.45) is 1.76. The van der Waals surface area contributed by atoms with Crippen molar-refractivity contribution in [1.29, 1.82) is 0 Å². The molecule has 2 nitrogen and oxygen atoms in total. The average molecular weight is 291 g/mol. The van der Waals surface area contributed by atoms with Crippen LogP contribution in [0.2, 0.25) is 0 Å². The van der Waals surface area contributed by atoms with Crippen LogP contribution < -0.4 is 5.32 Å². The van der Waals surface area contributed by atoms with E-state index >= 15 is 0 Å². The molecule has 0 spiro atoms. The van der Waals surface area contributed by atoms with E-state index in [2.05, 4.69) is 31.3 Å². The molecule has 1 aliphatic rings. The third-order valence-electron chi connectivity index (χ3n) is 4.25.